The monoisotopic (exact) mass is 476 g/mol. The number of nitrogens with one attached hydrogen (secondary N) is 1. The number of anilines is 1. The molecule has 3 rings (SSSR count). The Labute approximate surface area is 192 Å². The summed E-state index contributed by atoms with van der Waals surface area (Å²) in [4.78, 5) is 12.9. The lowest BCUT2D eigenvalue weighted by Crippen LogP contribution is -2.37. The largest absolute Gasteiger partial charge is 0.325 e. The van der Waals surface area contributed by atoms with Crippen molar-refractivity contribution in [2.24, 2.45) is 0 Å². The first-order valence-electron chi connectivity index (χ1n) is 9.52. The van der Waals surface area contributed by atoms with E-state index in [4.69, 9.17) is 23.2 Å². The first-order chi connectivity index (χ1) is 14.6. The minimum atomic E-state index is -3.93. The fourth-order valence-electron chi connectivity index (χ4n) is 3.22. The molecule has 0 aliphatic heterocycles. The van der Waals surface area contributed by atoms with Crippen LogP contribution >= 0.6 is 23.2 Å². The Morgan fingerprint density at radius 2 is 1.55 bits per heavy atom. The summed E-state index contributed by atoms with van der Waals surface area (Å²) in [6.07, 6.45) is 0. The molecule has 5 nitrogen and oxygen atoms in total. The lowest BCUT2D eigenvalue weighted by Gasteiger charge is -2.22. The van der Waals surface area contributed by atoms with E-state index in [0.29, 0.717) is 21.3 Å². The second-order valence-electron chi connectivity index (χ2n) is 7.26. The molecule has 0 unspecified atom stereocenters. The van der Waals surface area contributed by atoms with Crippen LogP contribution in [0, 0.1) is 13.8 Å². The maximum atomic E-state index is 13.3. The van der Waals surface area contributed by atoms with Crippen LogP contribution in [-0.4, -0.2) is 25.2 Å². The number of carbonyl (C=O) groups is 1. The van der Waals surface area contributed by atoms with Crippen LogP contribution < -0.4 is 5.32 Å². The highest BCUT2D eigenvalue weighted by molar-refractivity contribution is 7.89. The molecule has 31 heavy (non-hydrogen) atoms. The lowest BCUT2D eigenvalue weighted by molar-refractivity contribution is -0.116. The van der Waals surface area contributed by atoms with Crippen molar-refractivity contribution in [2.45, 2.75) is 25.3 Å². The zero-order chi connectivity index (χ0) is 22.6. The van der Waals surface area contributed by atoms with Gasteiger partial charge in [-0.1, -0.05) is 53.5 Å². The van der Waals surface area contributed by atoms with Crippen molar-refractivity contribution in [1.29, 1.82) is 0 Å². The first kappa shape index (κ1) is 23.3. The van der Waals surface area contributed by atoms with Gasteiger partial charge in [0.25, 0.3) is 0 Å². The molecule has 0 atom stereocenters. The lowest BCUT2D eigenvalue weighted by atomic mass is 10.1. The van der Waals surface area contributed by atoms with Crippen LogP contribution in [0.5, 0.6) is 0 Å². The topological polar surface area (TPSA) is 66.5 Å². The Hall–Kier alpha value is -2.38. The standard InChI is InChI=1S/C23H22Cl2N2O3S/c1-16-10-17(2)12-19(11-16)26-23(28)15-27(14-18-8-9-21(24)22(25)13-18)31(29,30)20-6-4-3-5-7-20/h3-13H,14-15H2,1-2H3,(H,26,28). The fourth-order valence-corrected chi connectivity index (χ4v) is 4.94. The third-order valence-corrected chi connectivity index (χ3v) is 7.09. The zero-order valence-electron chi connectivity index (χ0n) is 17.1. The van der Waals surface area contributed by atoms with Gasteiger partial charge in [0.05, 0.1) is 21.5 Å². The minimum Gasteiger partial charge on any atom is -0.325 e. The number of amides is 1. The van der Waals surface area contributed by atoms with Crippen LogP contribution in [0.3, 0.4) is 0 Å². The van der Waals surface area contributed by atoms with Crippen LogP contribution in [-0.2, 0) is 21.4 Å². The van der Waals surface area contributed by atoms with Crippen LogP contribution in [0.4, 0.5) is 5.69 Å². The van der Waals surface area contributed by atoms with Crippen LogP contribution in [0.15, 0.2) is 71.6 Å². The van der Waals surface area contributed by atoms with Gasteiger partial charge in [-0.05, 0) is 66.9 Å². The molecule has 0 bridgehead atoms. The summed E-state index contributed by atoms with van der Waals surface area (Å²) in [5.74, 6) is -0.440. The predicted octanol–water partition coefficient (Wildman–Crippen LogP) is 5.44. The molecule has 0 saturated carbocycles. The number of carbonyl (C=O) groups excluding carboxylic acids is 1. The van der Waals surface area contributed by atoms with Gasteiger partial charge < -0.3 is 5.32 Å². The molecule has 162 valence electrons. The molecule has 1 amide bonds. The van der Waals surface area contributed by atoms with E-state index in [0.717, 1.165) is 15.4 Å². The number of hydrogen-bond donors (Lipinski definition) is 1. The van der Waals surface area contributed by atoms with Gasteiger partial charge >= 0.3 is 0 Å². The molecule has 0 aliphatic rings. The summed E-state index contributed by atoms with van der Waals surface area (Å²) in [6.45, 7) is 3.47. The van der Waals surface area contributed by atoms with Gasteiger partial charge in [-0.15, -0.1) is 0 Å². The zero-order valence-corrected chi connectivity index (χ0v) is 19.4. The quantitative estimate of drug-likeness (QED) is 0.493. The number of hydrogen-bond acceptors (Lipinski definition) is 3. The van der Waals surface area contributed by atoms with Crippen molar-refractivity contribution in [3.8, 4) is 0 Å². The highest BCUT2D eigenvalue weighted by Crippen LogP contribution is 2.25. The molecule has 0 spiro atoms. The van der Waals surface area contributed by atoms with Crippen molar-refractivity contribution < 1.29 is 13.2 Å². The van der Waals surface area contributed by atoms with Crippen molar-refractivity contribution >= 4 is 44.8 Å². The first-order valence-corrected chi connectivity index (χ1v) is 11.7. The second kappa shape index (κ2) is 9.83. The molecule has 3 aromatic carbocycles. The highest BCUT2D eigenvalue weighted by Gasteiger charge is 2.27. The van der Waals surface area contributed by atoms with E-state index < -0.39 is 15.9 Å². The van der Waals surface area contributed by atoms with Gasteiger partial charge in [0.2, 0.25) is 15.9 Å². The average molecular weight is 477 g/mol. The van der Waals surface area contributed by atoms with Gasteiger partial charge in [0.15, 0.2) is 0 Å². The van der Waals surface area contributed by atoms with Crippen LogP contribution in [0.25, 0.3) is 0 Å². The Morgan fingerprint density at radius 3 is 2.16 bits per heavy atom. The third kappa shape index (κ3) is 6.08. The summed E-state index contributed by atoms with van der Waals surface area (Å²) >= 11 is 12.1. The van der Waals surface area contributed by atoms with E-state index in [1.807, 2.05) is 32.0 Å². The Balaban J connectivity index is 1.89. The van der Waals surface area contributed by atoms with Crippen LogP contribution in [0.1, 0.15) is 16.7 Å². The van der Waals surface area contributed by atoms with Crippen molar-refractivity contribution in [2.75, 3.05) is 11.9 Å². The highest BCUT2D eigenvalue weighted by atomic mass is 35.5. The van der Waals surface area contributed by atoms with Gasteiger partial charge in [-0.25, -0.2) is 8.42 Å². The Bertz CT molecular complexity index is 1180. The summed E-state index contributed by atoms with van der Waals surface area (Å²) < 4.78 is 27.7. The number of rotatable bonds is 7. The Morgan fingerprint density at radius 1 is 0.903 bits per heavy atom. The van der Waals surface area contributed by atoms with Crippen molar-refractivity contribution in [3.63, 3.8) is 0 Å². The van der Waals surface area contributed by atoms with E-state index in [-0.39, 0.29) is 18.0 Å². The van der Waals surface area contributed by atoms with Gasteiger partial charge in [0.1, 0.15) is 0 Å². The number of nitrogens with zero attached hydrogens (tertiary/aromatic N) is 1. The van der Waals surface area contributed by atoms with E-state index in [9.17, 15) is 13.2 Å². The number of halogens is 2. The summed E-state index contributed by atoms with van der Waals surface area (Å²) in [5.41, 5.74) is 3.24. The molecule has 8 heteroatoms. The molecule has 0 radical (unpaired) electrons. The third-order valence-electron chi connectivity index (χ3n) is 4.55. The van der Waals surface area contributed by atoms with E-state index in [1.165, 1.54) is 12.1 Å². The number of benzene rings is 3. The van der Waals surface area contributed by atoms with E-state index >= 15 is 0 Å². The van der Waals surface area contributed by atoms with Gasteiger partial charge in [0, 0.05) is 12.2 Å². The molecular weight excluding hydrogens is 455 g/mol. The minimum absolute atomic E-state index is 0.0334. The molecule has 3 aromatic rings. The van der Waals surface area contributed by atoms with E-state index in [1.54, 1.807) is 36.4 Å². The molecule has 0 aliphatic carbocycles. The fraction of sp³-hybridized carbons (Fsp3) is 0.174. The van der Waals surface area contributed by atoms with Crippen molar-refractivity contribution in [1.82, 2.24) is 4.31 Å². The molecule has 0 fully saturated rings. The summed E-state index contributed by atoms with van der Waals surface area (Å²) in [6, 6.07) is 18.5. The molecule has 0 aromatic heterocycles. The SMILES string of the molecule is Cc1cc(C)cc(NC(=O)CN(Cc2ccc(Cl)c(Cl)c2)S(=O)(=O)c2ccccc2)c1. The molecular formula is C23H22Cl2N2O3S. The molecule has 0 heterocycles. The normalized spacial score (nSPS) is 11.5. The summed E-state index contributed by atoms with van der Waals surface area (Å²) in [5, 5.41) is 3.48. The molecule has 0 saturated heterocycles. The Kier molecular flexibility index (Phi) is 7.38. The second-order valence-corrected chi connectivity index (χ2v) is 10.0. The van der Waals surface area contributed by atoms with Gasteiger partial charge in [-0.2, -0.15) is 4.31 Å². The average Bonchev–Trinajstić information content (AvgIpc) is 2.70. The molecule has 1 N–H and O–H groups in total. The number of aryl methyl sites for hydroxylation is 2. The maximum Gasteiger partial charge on any atom is 0.243 e. The van der Waals surface area contributed by atoms with Crippen molar-refractivity contribution in [3.05, 3.63) is 93.5 Å². The maximum absolute atomic E-state index is 13.3. The summed E-state index contributed by atoms with van der Waals surface area (Å²) in [7, 11) is -3.93. The van der Waals surface area contributed by atoms with E-state index in [2.05, 4.69) is 5.32 Å². The van der Waals surface area contributed by atoms with Gasteiger partial charge in [-0.3, -0.25) is 4.79 Å². The predicted molar refractivity (Wildman–Crippen MR) is 125 cm³/mol. The van der Waals surface area contributed by atoms with Crippen LogP contribution in [0.2, 0.25) is 10.0 Å². The number of sulfonamides is 1. The smallest absolute Gasteiger partial charge is 0.243 e.